The molecule has 124 valence electrons. The molecule has 2 aromatic heterocycles. The topological polar surface area (TPSA) is 63.0 Å². The van der Waals surface area contributed by atoms with E-state index in [0.29, 0.717) is 0 Å². The fraction of sp³-hybridized carbons (Fsp3) is 0.263. The van der Waals surface area contributed by atoms with E-state index in [9.17, 15) is 0 Å². The summed E-state index contributed by atoms with van der Waals surface area (Å²) in [6.07, 6.45) is 6.61. The standard InChI is InChI=1S/C19H22N4O/c1-23-13-18(19(22-23)17-3-2-9-20-11-17)12-21-10-8-15-4-6-16(14-24)7-5-15/h2-7,9,11,13,21,24H,8,10,12,14H2,1H3. The predicted molar refractivity (Wildman–Crippen MR) is 94.2 cm³/mol. The van der Waals surface area contributed by atoms with Crippen molar-refractivity contribution < 1.29 is 5.11 Å². The van der Waals surface area contributed by atoms with Gasteiger partial charge in [0.1, 0.15) is 0 Å². The van der Waals surface area contributed by atoms with Crippen LogP contribution in [-0.4, -0.2) is 26.4 Å². The monoisotopic (exact) mass is 322 g/mol. The highest BCUT2D eigenvalue weighted by atomic mass is 16.3. The molecule has 2 heterocycles. The molecule has 0 aliphatic rings. The van der Waals surface area contributed by atoms with Gasteiger partial charge in [-0.05, 0) is 36.2 Å². The zero-order valence-corrected chi connectivity index (χ0v) is 13.8. The summed E-state index contributed by atoms with van der Waals surface area (Å²) < 4.78 is 1.84. The molecule has 3 aromatic rings. The molecule has 5 nitrogen and oxygen atoms in total. The van der Waals surface area contributed by atoms with Crippen LogP contribution in [0, 0.1) is 0 Å². The Kier molecular flexibility index (Phi) is 5.36. The lowest BCUT2D eigenvalue weighted by Crippen LogP contribution is -2.16. The second-order valence-electron chi connectivity index (χ2n) is 5.82. The van der Waals surface area contributed by atoms with Crippen molar-refractivity contribution in [3.63, 3.8) is 0 Å². The first-order valence-electron chi connectivity index (χ1n) is 8.08. The van der Waals surface area contributed by atoms with Gasteiger partial charge >= 0.3 is 0 Å². The van der Waals surface area contributed by atoms with Crippen LogP contribution in [0.15, 0.2) is 55.0 Å². The van der Waals surface area contributed by atoms with Gasteiger partial charge in [-0.15, -0.1) is 0 Å². The van der Waals surface area contributed by atoms with Crippen LogP contribution in [0.1, 0.15) is 16.7 Å². The maximum Gasteiger partial charge on any atom is 0.0983 e. The number of aliphatic hydroxyl groups excluding tert-OH is 1. The molecule has 0 atom stereocenters. The van der Waals surface area contributed by atoms with E-state index in [4.69, 9.17) is 5.11 Å². The number of nitrogens with zero attached hydrogens (tertiary/aromatic N) is 3. The molecular formula is C19H22N4O. The van der Waals surface area contributed by atoms with Gasteiger partial charge in [0, 0.05) is 43.3 Å². The van der Waals surface area contributed by atoms with Gasteiger partial charge in [0.05, 0.1) is 12.3 Å². The highest BCUT2D eigenvalue weighted by Gasteiger charge is 2.09. The van der Waals surface area contributed by atoms with Crippen molar-refractivity contribution in [3.05, 3.63) is 71.7 Å². The quantitative estimate of drug-likeness (QED) is 0.655. The predicted octanol–water partition coefficient (Wildman–Crippen LogP) is 2.31. The lowest BCUT2D eigenvalue weighted by molar-refractivity contribution is 0.282. The molecule has 0 bridgehead atoms. The van der Waals surface area contributed by atoms with E-state index in [0.717, 1.165) is 36.3 Å². The highest BCUT2D eigenvalue weighted by Crippen LogP contribution is 2.20. The number of aryl methyl sites for hydroxylation is 1. The van der Waals surface area contributed by atoms with Crippen molar-refractivity contribution in [2.75, 3.05) is 6.54 Å². The van der Waals surface area contributed by atoms with Crippen LogP contribution in [0.4, 0.5) is 0 Å². The van der Waals surface area contributed by atoms with Crippen molar-refractivity contribution in [2.24, 2.45) is 7.05 Å². The molecule has 0 fully saturated rings. The van der Waals surface area contributed by atoms with Crippen LogP contribution < -0.4 is 5.32 Å². The third-order valence-corrected chi connectivity index (χ3v) is 3.95. The second kappa shape index (κ2) is 7.86. The first-order valence-corrected chi connectivity index (χ1v) is 8.08. The van der Waals surface area contributed by atoms with E-state index in [2.05, 4.69) is 27.5 Å². The summed E-state index contributed by atoms with van der Waals surface area (Å²) in [6.45, 7) is 1.75. The summed E-state index contributed by atoms with van der Waals surface area (Å²) in [5.74, 6) is 0. The van der Waals surface area contributed by atoms with Gasteiger partial charge in [0.2, 0.25) is 0 Å². The highest BCUT2D eigenvalue weighted by molar-refractivity contribution is 5.61. The number of hydrogen-bond donors (Lipinski definition) is 2. The zero-order chi connectivity index (χ0) is 16.8. The van der Waals surface area contributed by atoms with E-state index in [1.165, 1.54) is 11.1 Å². The van der Waals surface area contributed by atoms with E-state index in [1.54, 1.807) is 6.20 Å². The summed E-state index contributed by atoms with van der Waals surface area (Å²) in [5.41, 5.74) is 5.39. The Morgan fingerprint density at radius 3 is 2.62 bits per heavy atom. The molecule has 5 heteroatoms. The van der Waals surface area contributed by atoms with Gasteiger partial charge in [-0.1, -0.05) is 24.3 Å². The van der Waals surface area contributed by atoms with E-state index >= 15 is 0 Å². The fourth-order valence-corrected chi connectivity index (χ4v) is 2.68. The van der Waals surface area contributed by atoms with Crippen molar-refractivity contribution in [2.45, 2.75) is 19.6 Å². The average Bonchev–Trinajstić information content (AvgIpc) is 3.01. The maximum absolute atomic E-state index is 9.07. The van der Waals surface area contributed by atoms with Crippen LogP contribution in [0.2, 0.25) is 0 Å². The summed E-state index contributed by atoms with van der Waals surface area (Å²) in [7, 11) is 1.94. The van der Waals surface area contributed by atoms with Crippen molar-refractivity contribution in [1.82, 2.24) is 20.1 Å². The second-order valence-corrected chi connectivity index (χ2v) is 5.82. The summed E-state index contributed by atoms with van der Waals surface area (Å²) in [5, 5.41) is 17.1. The van der Waals surface area contributed by atoms with Gasteiger partial charge in [0.15, 0.2) is 0 Å². The van der Waals surface area contributed by atoms with E-state index < -0.39 is 0 Å². The molecule has 0 unspecified atom stereocenters. The third-order valence-electron chi connectivity index (χ3n) is 3.95. The minimum Gasteiger partial charge on any atom is -0.392 e. The lowest BCUT2D eigenvalue weighted by atomic mass is 10.1. The Bertz CT molecular complexity index is 766. The van der Waals surface area contributed by atoms with Gasteiger partial charge in [-0.25, -0.2) is 0 Å². The van der Waals surface area contributed by atoms with Gasteiger partial charge in [0.25, 0.3) is 0 Å². The van der Waals surface area contributed by atoms with Gasteiger partial charge < -0.3 is 10.4 Å². The molecule has 1 aromatic carbocycles. The molecule has 3 rings (SSSR count). The van der Waals surface area contributed by atoms with E-state index in [-0.39, 0.29) is 6.61 Å². The number of hydrogen-bond acceptors (Lipinski definition) is 4. The average molecular weight is 322 g/mol. The molecule has 0 aliphatic heterocycles. The van der Waals surface area contributed by atoms with E-state index in [1.807, 2.05) is 48.4 Å². The van der Waals surface area contributed by atoms with Crippen LogP contribution in [0.3, 0.4) is 0 Å². The normalized spacial score (nSPS) is 10.9. The number of pyridine rings is 1. The lowest BCUT2D eigenvalue weighted by Gasteiger charge is -2.06. The summed E-state index contributed by atoms with van der Waals surface area (Å²) in [6, 6.07) is 12.0. The third kappa shape index (κ3) is 4.07. The van der Waals surface area contributed by atoms with Crippen LogP contribution in [-0.2, 0) is 26.6 Å². The molecule has 0 saturated carbocycles. The minimum absolute atomic E-state index is 0.0939. The summed E-state index contributed by atoms with van der Waals surface area (Å²) in [4.78, 5) is 4.17. The Morgan fingerprint density at radius 2 is 1.92 bits per heavy atom. The smallest absolute Gasteiger partial charge is 0.0983 e. The molecule has 24 heavy (non-hydrogen) atoms. The van der Waals surface area contributed by atoms with Crippen LogP contribution >= 0.6 is 0 Å². The summed E-state index contributed by atoms with van der Waals surface area (Å²) >= 11 is 0. The number of rotatable bonds is 7. The van der Waals surface area contributed by atoms with Gasteiger partial charge in [-0.3, -0.25) is 9.67 Å². The number of nitrogens with one attached hydrogen (secondary N) is 1. The largest absolute Gasteiger partial charge is 0.392 e. The molecular weight excluding hydrogens is 300 g/mol. The number of aromatic nitrogens is 3. The van der Waals surface area contributed by atoms with Crippen molar-refractivity contribution >= 4 is 0 Å². The first-order chi connectivity index (χ1) is 11.8. The Labute approximate surface area is 142 Å². The molecule has 2 N–H and O–H groups in total. The minimum atomic E-state index is 0.0939. The molecule has 0 amide bonds. The number of aliphatic hydroxyl groups is 1. The number of benzene rings is 1. The first kappa shape index (κ1) is 16.4. The zero-order valence-electron chi connectivity index (χ0n) is 13.8. The maximum atomic E-state index is 9.07. The Morgan fingerprint density at radius 1 is 1.12 bits per heavy atom. The molecule has 0 spiro atoms. The molecule has 0 radical (unpaired) electrons. The van der Waals surface area contributed by atoms with Crippen LogP contribution in [0.25, 0.3) is 11.3 Å². The Balaban J connectivity index is 1.57. The van der Waals surface area contributed by atoms with Crippen molar-refractivity contribution in [1.29, 1.82) is 0 Å². The molecule has 0 aliphatic carbocycles. The van der Waals surface area contributed by atoms with Crippen LogP contribution in [0.5, 0.6) is 0 Å². The molecule has 0 saturated heterocycles. The van der Waals surface area contributed by atoms with Gasteiger partial charge in [-0.2, -0.15) is 5.10 Å². The fourth-order valence-electron chi connectivity index (χ4n) is 2.68. The SMILES string of the molecule is Cn1cc(CNCCc2ccc(CO)cc2)c(-c2cccnc2)n1. The Hall–Kier alpha value is -2.50. The van der Waals surface area contributed by atoms with Crippen molar-refractivity contribution in [3.8, 4) is 11.3 Å².